The van der Waals surface area contributed by atoms with E-state index < -0.39 is 12.5 Å². The van der Waals surface area contributed by atoms with Gasteiger partial charge in [-0.2, -0.15) is 4.39 Å². The lowest BCUT2D eigenvalue weighted by Crippen LogP contribution is -2.07. The second-order valence-corrected chi connectivity index (χ2v) is 0.971. The van der Waals surface area contributed by atoms with Gasteiger partial charge in [-0.05, 0) is 6.08 Å². The van der Waals surface area contributed by atoms with Crippen molar-refractivity contribution in [2.24, 2.45) is 0 Å². The number of rotatable bonds is 2. The standard InChI is InChI=1S/C4H5FO3/c1-2-3(5)8-4(6)7/h2-3H,1H2,(H,6,7). The van der Waals surface area contributed by atoms with E-state index in [0.29, 0.717) is 0 Å². The first-order valence-corrected chi connectivity index (χ1v) is 1.83. The molecule has 1 unspecified atom stereocenters. The molecule has 3 nitrogen and oxygen atoms in total. The molecule has 0 aromatic heterocycles. The highest BCUT2D eigenvalue weighted by Gasteiger charge is 2.03. The Kier molecular flexibility index (Phi) is 2.61. The lowest BCUT2D eigenvalue weighted by molar-refractivity contribution is 0.0138. The molecule has 0 radical (unpaired) electrons. The Morgan fingerprint density at radius 3 is 2.62 bits per heavy atom. The predicted octanol–water partition coefficient (Wildman–Crippen LogP) is 1.16. The molecular weight excluding hydrogens is 115 g/mol. The summed E-state index contributed by atoms with van der Waals surface area (Å²) in [6.45, 7) is 2.95. The van der Waals surface area contributed by atoms with E-state index in [1.807, 2.05) is 0 Å². The molecule has 0 aromatic rings. The number of alkyl halides is 1. The Bertz CT molecular complexity index is 101. The Labute approximate surface area is 45.4 Å². The third kappa shape index (κ3) is 3.14. The SMILES string of the molecule is C=CC(F)OC(=O)O. The van der Waals surface area contributed by atoms with Gasteiger partial charge in [0.2, 0.25) is 0 Å². The van der Waals surface area contributed by atoms with E-state index in [-0.39, 0.29) is 0 Å². The summed E-state index contributed by atoms with van der Waals surface area (Å²) in [5, 5.41) is 7.70. The van der Waals surface area contributed by atoms with Crippen molar-refractivity contribution >= 4 is 6.16 Å². The van der Waals surface area contributed by atoms with Crippen LogP contribution in [0.5, 0.6) is 0 Å². The molecule has 0 aliphatic heterocycles. The molecule has 1 N–H and O–H groups in total. The molecule has 0 fully saturated rings. The van der Waals surface area contributed by atoms with E-state index >= 15 is 0 Å². The van der Waals surface area contributed by atoms with Crippen molar-refractivity contribution in [2.45, 2.75) is 6.36 Å². The molecule has 46 valence electrons. The fraction of sp³-hybridized carbons (Fsp3) is 0.250. The Hall–Kier alpha value is -1.06. The van der Waals surface area contributed by atoms with Gasteiger partial charge in [-0.25, -0.2) is 4.79 Å². The number of halogens is 1. The quantitative estimate of drug-likeness (QED) is 0.439. The maximum absolute atomic E-state index is 11.7. The molecule has 0 saturated carbocycles. The van der Waals surface area contributed by atoms with Gasteiger partial charge in [-0.3, -0.25) is 0 Å². The lowest BCUT2D eigenvalue weighted by atomic mass is 10.7. The number of ether oxygens (including phenoxy) is 1. The summed E-state index contributed by atoms with van der Waals surface area (Å²) in [6, 6.07) is 0. The Morgan fingerprint density at radius 2 is 2.50 bits per heavy atom. The number of carbonyl (C=O) groups is 1. The molecule has 0 heterocycles. The minimum atomic E-state index is -1.91. The van der Waals surface area contributed by atoms with Crippen LogP contribution in [0.3, 0.4) is 0 Å². The summed E-state index contributed by atoms with van der Waals surface area (Å²) in [5.74, 6) is 0. The smallest absolute Gasteiger partial charge is 0.450 e. The van der Waals surface area contributed by atoms with Gasteiger partial charge in [-0.1, -0.05) is 6.58 Å². The first-order chi connectivity index (χ1) is 3.66. The van der Waals surface area contributed by atoms with Gasteiger partial charge < -0.3 is 9.84 Å². The van der Waals surface area contributed by atoms with E-state index in [1.54, 1.807) is 0 Å². The zero-order valence-corrected chi connectivity index (χ0v) is 4.00. The summed E-state index contributed by atoms with van der Waals surface area (Å²) in [7, 11) is 0. The number of hydrogen-bond acceptors (Lipinski definition) is 2. The molecule has 4 heteroatoms. The van der Waals surface area contributed by atoms with Gasteiger partial charge in [0.1, 0.15) is 0 Å². The number of hydrogen-bond donors (Lipinski definition) is 1. The van der Waals surface area contributed by atoms with Crippen molar-refractivity contribution in [2.75, 3.05) is 0 Å². The average molecular weight is 120 g/mol. The fourth-order valence-corrected chi connectivity index (χ4v) is 0.144. The second-order valence-electron chi connectivity index (χ2n) is 0.971. The maximum Gasteiger partial charge on any atom is 0.508 e. The summed E-state index contributed by atoms with van der Waals surface area (Å²) in [5.41, 5.74) is 0. The van der Waals surface area contributed by atoms with Crippen LogP contribution >= 0.6 is 0 Å². The summed E-state index contributed by atoms with van der Waals surface area (Å²) < 4.78 is 15.2. The zero-order chi connectivity index (χ0) is 6.57. The van der Waals surface area contributed by atoms with E-state index in [4.69, 9.17) is 5.11 Å². The van der Waals surface area contributed by atoms with Crippen molar-refractivity contribution < 1.29 is 19.0 Å². The largest absolute Gasteiger partial charge is 0.508 e. The van der Waals surface area contributed by atoms with Crippen LogP contribution in [-0.4, -0.2) is 17.6 Å². The predicted molar refractivity (Wildman–Crippen MR) is 24.2 cm³/mol. The van der Waals surface area contributed by atoms with Crippen molar-refractivity contribution in [1.29, 1.82) is 0 Å². The van der Waals surface area contributed by atoms with Crippen LogP contribution in [0.15, 0.2) is 12.7 Å². The molecular formula is C4H5FO3. The molecule has 0 spiro atoms. The van der Waals surface area contributed by atoms with Gasteiger partial charge in [0.25, 0.3) is 6.36 Å². The van der Waals surface area contributed by atoms with Gasteiger partial charge in [0, 0.05) is 0 Å². The third-order valence-corrected chi connectivity index (χ3v) is 0.399. The van der Waals surface area contributed by atoms with Crippen LogP contribution in [-0.2, 0) is 4.74 Å². The van der Waals surface area contributed by atoms with Gasteiger partial charge in [0.05, 0.1) is 0 Å². The first kappa shape index (κ1) is 6.94. The Balaban J connectivity index is 3.38. The molecule has 1 atom stereocenters. The molecule has 0 aliphatic rings. The molecule has 0 bridgehead atoms. The highest BCUT2D eigenvalue weighted by molar-refractivity contribution is 5.57. The van der Waals surface area contributed by atoms with Crippen LogP contribution in [0.2, 0.25) is 0 Å². The normalized spacial score (nSPS) is 12.1. The van der Waals surface area contributed by atoms with E-state index in [0.717, 1.165) is 6.08 Å². The maximum atomic E-state index is 11.7. The van der Waals surface area contributed by atoms with Gasteiger partial charge >= 0.3 is 6.16 Å². The molecule has 0 aliphatic carbocycles. The third-order valence-electron chi connectivity index (χ3n) is 0.399. The topological polar surface area (TPSA) is 46.5 Å². The molecule has 0 saturated heterocycles. The van der Waals surface area contributed by atoms with E-state index in [1.165, 1.54) is 0 Å². The minimum absolute atomic E-state index is 0.744. The zero-order valence-electron chi connectivity index (χ0n) is 4.00. The van der Waals surface area contributed by atoms with Crippen molar-refractivity contribution in [3.05, 3.63) is 12.7 Å². The summed E-state index contributed by atoms with van der Waals surface area (Å²) in [4.78, 5) is 9.46. The van der Waals surface area contributed by atoms with Crippen LogP contribution in [0.1, 0.15) is 0 Å². The highest BCUT2D eigenvalue weighted by atomic mass is 19.1. The van der Waals surface area contributed by atoms with Crippen molar-refractivity contribution in [1.82, 2.24) is 0 Å². The molecule has 0 amide bonds. The second kappa shape index (κ2) is 3.01. The van der Waals surface area contributed by atoms with Crippen LogP contribution in [0.25, 0.3) is 0 Å². The van der Waals surface area contributed by atoms with Crippen molar-refractivity contribution in [3.63, 3.8) is 0 Å². The van der Waals surface area contributed by atoms with Crippen LogP contribution < -0.4 is 0 Å². The first-order valence-electron chi connectivity index (χ1n) is 1.83. The number of carboxylic acid groups (broad SMARTS) is 1. The Morgan fingerprint density at radius 1 is 2.00 bits per heavy atom. The van der Waals surface area contributed by atoms with E-state index in [9.17, 15) is 9.18 Å². The van der Waals surface area contributed by atoms with Crippen molar-refractivity contribution in [3.8, 4) is 0 Å². The highest BCUT2D eigenvalue weighted by Crippen LogP contribution is 1.92. The molecule has 8 heavy (non-hydrogen) atoms. The van der Waals surface area contributed by atoms with E-state index in [2.05, 4.69) is 11.3 Å². The molecule has 0 aromatic carbocycles. The van der Waals surface area contributed by atoms with Crippen LogP contribution in [0, 0.1) is 0 Å². The van der Waals surface area contributed by atoms with Gasteiger partial charge in [-0.15, -0.1) is 0 Å². The average Bonchev–Trinajstić information content (AvgIpc) is 1.65. The molecule has 0 rings (SSSR count). The minimum Gasteiger partial charge on any atom is -0.450 e. The van der Waals surface area contributed by atoms with Gasteiger partial charge in [0.15, 0.2) is 0 Å². The summed E-state index contributed by atoms with van der Waals surface area (Å²) in [6.07, 6.45) is -2.81. The summed E-state index contributed by atoms with van der Waals surface area (Å²) >= 11 is 0. The fourth-order valence-electron chi connectivity index (χ4n) is 0.144. The van der Waals surface area contributed by atoms with Crippen LogP contribution in [0.4, 0.5) is 9.18 Å². The lowest BCUT2D eigenvalue weighted by Gasteiger charge is -1.97. The monoisotopic (exact) mass is 120 g/mol.